The van der Waals surface area contributed by atoms with E-state index < -0.39 is 0 Å². The van der Waals surface area contributed by atoms with Crippen molar-refractivity contribution in [1.29, 1.82) is 0 Å². The lowest BCUT2D eigenvalue weighted by Crippen LogP contribution is -2.12. The van der Waals surface area contributed by atoms with Gasteiger partial charge in [-0.3, -0.25) is 0 Å². The molecule has 0 nitrogen and oxygen atoms in total. The zero-order chi connectivity index (χ0) is 22.4. The number of rotatable bonds is 8. The van der Waals surface area contributed by atoms with Gasteiger partial charge in [-0.2, -0.15) is 0 Å². The molecule has 0 aliphatic carbocycles. The van der Waals surface area contributed by atoms with Crippen LogP contribution in [0, 0.1) is 40.4 Å². The van der Waals surface area contributed by atoms with Crippen molar-refractivity contribution < 1.29 is 0 Å². The summed E-state index contributed by atoms with van der Waals surface area (Å²) < 4.78 is 0. The van der Waals surface area contributed by atoms with E-state index in [1.807, 2.05) is 0 Å². The normalized spacial score (nSPS) is 14.4. The summed E-state index contributed by atoms with van der Waals surface area (Å²) in [5.74, 6) is 4.35. The molecule has 0 aliphatic rings. The Bertz CT molecular complexity index is 300. The van der Waals surface area contributed by atoms with Crippen molar-refractivity contribution >= 4 is 0 Å². The summed E-state index contributed by atoms with van der Waals surface area (Å²) in [6, 6.07) is 0. The van der Waals surface area contributed by atoms with Gasteiger partial charge in [0.25, 0.3) is 0 Å². The van der Waals surface area contributed by atoms with Crippen molar-refractivity contribution in [3.63, 3.8) is 0 Å². The molecule has 0 bridgehead atoms. The van der Waals surface area contributed by atoms with Crippen LogP contribution in [0.4, 0.5) is 0 Å². The van der Waals surface area contributed by atoms with E-state index in [-0.39, 0.29) is 0 Å². The van der Waals surface area contributed by atoms with E-state index in [9.17, 15) is 0 Å². The van der Waals surface area contributed by atoms with E-state index >= 15 is 0 Å². The predicted octanol–water partition coefficient (Wildman–Crippen LogP) is 10.3. The van der Waals surface area contributed by atoms with E-state index in [4.69, 9.17) is 0 Å². The first-order chi connectivity index (χ1) is 12.0. The minimum absolute atomic E-state index is 0.523. The molecule has 0 N–H and O–H groups in total. The molecule has 0 amide bonds. The van der Waals surface area contributed by atoms with Gasteiger partial charge in [0.2, 0.25) is 0 Å². The van der Waals surface area contributed by atoms with Crippen LogP contribution in [0.15, 0.2) is 0 Å². The Labute approximate surface area is 176 Å². The Morgan fingerprint density at radius 2 is 1.07 bits per heavy atom. The highest BCUT2D eigenvalue weighted by Gasteiger charge is 2.16. The Morgan fingerprint density at radius 3 is 1.19 bits per heavy atom. The predicted molar refractivity (Wildman–Crippen MR) is 131 cm³/mol. The first-order valence-electron chi connectivity index (χ1n) is 12.0. The smallest absolute Gasteiger partial charge is 0.0354 e. The van der Waals surface area contributed by atoms with Gasteiger partial charge in [0.05, 0.1) is 0 Å². The molecule has 0 rings (SSSR count). The molecule has 0 fully saturated rings. The molecule has 0 heteroatoms. The van der Waals surface area contributed by atoms with E-state index in [0.29, 0.717) is 10.8 Å². The van der Waals surface area contributed by atoms with Gasteiger partial charge in [0, 0.05) is 0 Å². The average Bonchev–Trinajstić information content (AvgIpc) is 2.44. The van der Waals surface area contributed by atoms with Crippen LogP contribution in [0.3, 0.4) is 0 Å². The van der Waals surface area contributed by atoms with Gasteiger partial charge in [0.15, 0.2) is 0 Å². The highest BCUT2D eigenvalue weighted by molar-refractivity contribution is 4.67. The molecule has 0 aliphatic heterocycles. The fourth-order valence-corrected chi connectivity index (χ4v) is 3.45. The zero-order valence-electron chi connectivity index (χ0n) is 22.4. The molecule has 2 atom stereocenters. The molecule has 2 unspecified atom stereocenters. The lowest BCUT2D eigenvalue weighted by Gasteiger charge is -2.24. The highest BCUT2D eigenvalue weighted by Crippen LogP contribution is 2.28. The summed E-state index contributed by atoms with van der Waals surface area (Å²) in [7, 11) is 0. The van der Waals surface area contributed by atoms with Gasteiger partial charge in [-0.1, -0.05) is 117 Å². The lowest BCUT2D eigenvalue weighted by atomic mass is 9.82. The van der Waals surface area contributed by atoms with Crippen LogP contribution in [0.1, 0.15) is 136 Å². The fourth-order valence-electron chi connectivity index (χ4n) is 3.45. The monoisotopic (exact) mass is 384 g/mol. The van der Waals surface area contributed by atoms with Crippen LogP contribution in [-0.2, 0) is 0 Å². The van der Waals surface area contributed by atoms with E-state index in [0.717, 1.165) is 29.6 Å². The second-order valence-electron chi connectivity index (χ2n) is 12.2. The molecule has 0 saturated heterocycles. The topological polar surface area (TPSA) is 0 Å². The molecule has 0 radical (unpaired) electrons. The van der Waals surface area contributed by atoms with Crippen molar-refractivity contribution in [1.82, 2.24) is 0 Å². The summed E-state index contributed by atoms with van der Waals surface area (Å²) in [5, 5.41) is 0. The third-order valence-electron chi connectivity index (χ3n) is 5.56. The molecule has 0 aromatic heterocycles. The van der Waals surface area contributed by atoms with Crippen LogP contribution in [0.5, 0.6) is 0 Å². The summed E-state index contributed by atoms with van der Waals surface area (Å²) >= 11 is 0. The molecular formula is C27H60. The van der Waals surface area contributed by atoms with Gasteiger partial charge < -0.3 is 0 Å². The molecular weight excluding hydrogens is 324 g/mol. The third kappa shape index (κ3) is 28.3. The first-order valence-corrected chi connectivity index (χ1v) is 12.0. The first kappa shape index (κ1) is 31.7. The van der Waals surface area contributed by atoms with Crippen LogP contribution in [-0.4, -0.2) is 0 Å². The number of hydrogen-bond acceptors (Lipinski definition) is 0. The van der Waals surface area contributed by atoms with Gasteiger partial charge in [0.1, 0.15) is 0 Å². The Morgan fingerprint density at radius 1 is 0.630 bits per heavy atom. The Balaban J connectivity index is -0.000000320. The molecule has 0 spiro atoms. The van der Waals surface area contributed by atoms with Crippen molar-refractivity contribution in [2.24, 2.45) is 40.4 Å². The van der Waals surface area contributed by atoms with Gasteiger partial charge >= 0.3 is 0 Å². The van der Waals surface area contributed by atoms with Gasteiger partial charge in [-0.25, -0.2) is 0 Å². The SMILES string of the molecule is CC(C)CC(C)C(C)C.CCC(C)(C)CC(C)C.CCC(C)CC(C)(C)C. The number of hydrogen-bond donors (Lipinski definition) is 0. The minimum atomic E-state index is 0.523. The van der Waals surface area contributed by atoms with Crippen LogP contribution >= 0.6 is 0 Å². The van der Waals surface area contributed by atoms with Crippen LogP contribution in [0.2, 0.25) is 0 Å². The van der Waals surface area contributed by atoms with Crippen molar-refractivity contribution in [2.45, 2.75) is 136 Å². The van der Waals surface area contributed by atoms with Gasteiger partial charge in [-0.15, -0.1) is 0 Å². The summed E-state index contributed by atoms with van der Waals surface area (Å²) in [6.45, 7) is 34.5. The largest absolute Gasteiger partial charge is 0.0651 e. The van der Waals surface area contributed by atoms with E-state index in [2.05, 4.69) is 104 Å². The molecule has 0 saturated carbocycles. The standard InChI is InChI=1S/3C9H20/c1-7(2)6-9(5)8(3)4;1-6-8(2)7-9(3,4)5;1-6-9(4,5)7-8(2)3/h7-9H,6H2,1-5H3;2*8H,6-7H2,1-5H3. The molecule has 0 heterocycles. The second kappa shape index (κ2) is 15.9. The maximum atomic E-state index is 2.34. The molecule has 27 heavy (non-hydrogen) atoms. The van der Waals surface area contributed by atoms with Crippen molar-refractivity contribution in [3.8, 4) is 0 Å². The highest BCUT2D eigenvalue weighted by atomic mass is 14.2. The quantitative estimate of drug-likeness (QED) is 0.390. The maximum absolute atomic E-state index is 2.34. The Kier molecular flexibility index (Phi) is 18.6. The minimum Gasteiger partial charge on any atom is -0.0651 e. The summed E-state index contributed by atoms with van der Waals surface area (Å²) in [5.41, 5.74) is 1.09. The third-order valence-corrected chi connectivity index (χ3v) is 5.56. The molecule has 0 aromatic carbocycles. The lowest BCUT2D eigenvalue weighted by molar-refractivity contribution is 0.277. The second-order valence-corrected chi connectivity index (χ2v) is 12.2. The molecule has 0 aromatic rings. The Hall–Kier alpha value is 0. The van der Waals surface area contributed by atoms with Crippen molar-refractivity contribution in [2.75, 3.05) is 0 Å². The average molecular weight is 385 g/mol. The van der Waals surface area contributed by atoms with E-state index in [1.54, 1.807) is 0 Å². The van der Waals surface area contributed by atoms with Crippen molar-refractivity contribution in [3.05, 3.63) is 0 Å². The summed E-state index contributed by atoms with van der Waals surface area (Å²) in [6.07, 6.45) is 6.69. The zero-order valence-corrected chi connectivity index (χ0v) is 22.4. The fraction of sp³-hybridized carbons (Fsp3) is 1.00. The summed E-state index contributed by atoms with van der Waals surface area (Å²) in [4.78, 5) is 0. The molecule has 168 valence electrons. The van der Waals surface area contributed by atoms with Crippen LogP contribution < -0.4 is 0 Å². The maximum Gasteiger partial charge on any atom is -0.0354 e. The van der Waals surface area contributed by atoms with Crippen LogP contribution in [0.25, 0.3) is 0 Å². The van der Waals surface area contributed by atoms with E-state index in [1.165, 1.54) is 32.1 Å². The van der Waals surface area contributed by atoms with Gasteiger partial charge in [-0.05, 0) is 59.7 Å².